The molecule has 0 atom stereocenters. The number of benzene rings is 3. The van der Waals surface area contributed by atoms with Crippen LogP contribution in [0.4, 0.5) is 0 Å². The maximum absolute atomic E-state index is 12.6. The molecule has 0 fully saturated rings. The molecule has 122 valence electrons. The van der Waals surface area contributed by atoms with Crippen LogP contribution in [-0.4, -0.2) is 7.11 Å². The Morgan fingerprint density at radius 2 is 1.40 bits per heavy atom. The van der Waals surface area contributed by atoms with Gasteiger partial charge in [0.1, 0.15) is 11.5 Å². The minimum Gasteiger partial charge on any atom is -0.497 e. The Hall–Kier alpha value is -3.33. The zero-order valence-corrected chi connectivity index (χ0v) is 13.7. The zero-order valence-electron chi connectivity index (χ0n) is 13.7. The topological polar surface area (TPSA) is 39.4 Å². The van der Waals surface area contributed by atoms with E-state index >= 15 is 0 Å². The minimum atomic E-state index is -0.368. The van der Waals surface area contributed by atoms with Crippen molar-refractivity contribution in [3.8, 4) is 28.2 Å². The maximum Gasteiger partial charge on any atom is 0.344 e. The molecule has 3 nitrogen and oxygen atoms in total. The van der Waals surface area contributed by atoms with E-state index in [9.17, 15) is 4.79 Å². The second-order valence-electron chi connectivity index (χ2n) is 5.74. The number of hydrogen-bond donors (Lipinski definition) is 0. The molecule has 0 saturated carbocycles. The summed E-state index contributed by atoms with van der Waals surface area (Å²) in [6, 6.07) is 25.2. The number of methoxy groups -OCH3 is 1. The van der Waals surface area contributed by atoms with E-state index in [0.717, 1.165) is 22.1 Å². The summed E-state index contributed by atoms with van der Waals surface area (Å²) in [6.45, 7) is 0. The van der Waals surface area contributed by atoms with Crippen molar-refractivity contribution in [3.05, 3.63) is 89.3 Å². The molecule has 3 aromatic carbocycles. The second kappa shape index (κ2) is 6.29. The summed E-state index contributed by atoms with van der Waals surface area (Å²) in [4.78, 5) is 12.6. The first-order chi connectivity index (χ1) is 12.3. The third-order valence-electron chi connectivity index (χ3n) is 4.24. The summed E-state index contributed by atoms with van der Waals surface area (Å²) < 4.78 is 11.0. The summed E-state index contributed by atoms with van der Waals surface area (Å²) in [7, 11) is 1.58. The van der Waals surface area contributed by atoms with Crippen LogP contribution in [0.25, 0.3) is 33.2 Å². The van der Waals surface area contributed by atoms with E-state index in [1.807, 2.05) is 72.8 Å². The van der Waals surface area contributed by atoms with Crippen LogP contribution in [0, 0.1) is 0 Å². The molecule has 0 N–H and O–H groups in total. The number of fused-ring (bicyclic) bond motifs is 1. The van der Waals surface area contributed by atoms with Crippen LogP contribution in [0.3, 0.4) is 0 Å². The van der Waals surface area contributed by atoms with Crippen LogP contribution < -0.4 is 10.4 Å². The molecule has 4 aromatic rings. The average Bonchev–Trinajstić information content (AvgIpc) is 2.69. The van der Waals surface area contributed by atoms with Gasteiger partial charge in [-0.25, -0.2) is 4.79 Å². The van der Waals surface area contributed by atoms with Crippen LogP contribution in [0.15, 0.2) is 88.1 Å². The van der Waals surface area contributed by atoms with E-state index in [-0.39, 0.29) is 5.63 Å². The molecular weight excluding hydrogens is 312 g/mol. The van der Waals surface area contributed by atoms with Gasteiger partial charge in [-0.3, -0.25) is 0 Å². The van der Waals surface area contributed by atoms with Gasteiger partial charge in [0.2, 0.25) is 0 Å². The van der Waals surface area contributed by atoms with Crippen molar-refractivity contribution in [2.75, 3.05) is 7.11 Å². The van der Waals surface area contributed by atoms with Gasteiger partial charge in [-0.2, -0.15) is 0 Å². The molecule has 1 aromatic heterocycles. The van der Waals surface area contributed by atoms with E-state index < -0.39 is 0 Å². The monoisotopic (exact) mass is 328 g/mol. The van der Waals surface area contributed by atoms with Gasteiger partial charge in [0.25, 0.3) is 0 Å². The van der Waals surface area contributed by atoms with Gasteiger partial charge in [-0.1, -0.05) is 60.7 Å². The van der Waals surface area contributed by atoms with Crippen LogP contribution in [0.1, 0.15) is 0 Å². The van der Waals surface area contributed by atoms with Crippen LogP contribution >= 0.6 is 0 Å². The lowest BCUT2D eigenvalue weighted by molar-refractivity contribution is 0.415. The molecule has 3 heteroatoms. The van der Waals surface area contributed by atoms with Gasteiger partial charge in [-0.05, 0) is 23.8 Å². The van der Waals surface area contributed by atoms with Gasteiger partial charge >= 0.3 is 5.63 Å². The average molecular weight is 328 g/mol. The molecule has 25 heavy (non-hydrogen) atoms. The smallest absolute Gasteiger partial charge is 0.344 e. The van der Waals surface area contributed by atoms with E-state index in [1.165, 1.54) is 0 Å². The SMILES string of the molecule is COc1ccc2c(-c3ccccc3)c(-c3ccccc3)oc(=O)c2c1. The maximum atomic E-state index is 12.6. The lowest BCUT2D eigenvalue weighted by atomic mass is 9.95. The molecule has 0 unspecified atom stereocenters. The molecule has 0 saturated heterocycles. The van der Waals surface area contributed by atoms with Gasteiger partial charge in [-0.15, -0.1) is 0 Å². The molecular formula is C22H16O3. The summed E-state index contributed by atoms with van der Waals surface area (Å²) in [5.74, 6) is 1.21. The first kappa shape index (κ1) is 15.2. The van der Waals surface area contributed by atoms with Crippen LogP contribution in [-0.2, 0) is 0 Å². The molecule has 0 aliphatic carbocycles. The standard InChI is InChI=1S/C22H16O3/c1-24-17-12-13-18-19(14-17)22(23)25-21(16-10-6-3-7-11-16)20(18)15-8-4-2-5-9-15/h2-14H,1H3. The highest BCUT2D eigenvalue weighted by molar-refractivity contribution is 6.01. The van der Waals surface area contributed by atoms with Crippen molar-refractivity contribution in [2.45, 2.75) is 0 Å². The van der Waals surface area contributed by atoms with E-state index in [1.54, 1.807) is 13.2 Å². The molecule has 0 spiro atoms. The third-order valence-corrected chi connectivity index (χ3v) is 4.24. The van der Waals surface area contributed by atoms with Gasteiger partial charge in [0, 0.05) is 16.5 Å². The number of hydrogen-bond acceptors (Lipinski definition) is 3. The van der Waals surface area contributed by atoms with Gasteiger partial charge in [0.15, 0.2) is 0 Å². The Labute approximate surface area is 145 Å². The van der Waals surface area contributed by atoms with Crippen molar-refractivity contribution in [3.63, 3.8) is 0 Å². The highest BCUT2D eigenvalue weighted by Crippen LogP contribution is 2.37. The predicted molar refractivity (Wildman–Crippen MR) is 99.9 cm³/mol. The van der Waals surface area contributed by atoms with E-state index in [2.05, 4.69) is 0 Å². The highest BCUT2D eigenvalue weighted by Gasteiger charge is 2.17. The van der Waals surface area contributed by atoms with E-state index in [4.69, 9.17) is 9.15 Å². The van der Waals surface area contributed by atoms with Crippen molar-refractivity contribution in [2.24, 2.45) is 0 Å². The van der Waals surface area contributed by atoms with Crippen molar-refractivity contribution in [1.29, 1.82) is 0 Å². The first-order valence-corrected chi connectivity index (χ1v) is 8.03. The molecule has 1 heterocycles. The summed E-state index contributed by atoms with van der Waals surface area (Å²) in [5, 5.41) is 1.36. The molecule has 0 radical (unpaired) electrons. The van der Waals surface area contributed by atoms with Crippen LogP contribution in [0.5, 0.6) is 5.75 Å². The molecule has 0 aliphatic rings. The Bertz CT molecular complexity index is 1080. The Morgan fingerprint density at radius 3 is 2.04 bits per heavy atom. The quantitative estimate of drug-likeness (QED) is 0.523. The predicted octanol–water partition coefficient (Wildman–Crippen LogP) is 5.14. The van der Waals surface area contributed by atoms with Gasteiger partial charge < -0.3 is 9.15 Å². The lowest BCUT2D eigenvalue weighted by Crippen LogP contribution is -2.03. The fraction of sp³-hybridized carbons (Fsp3) is 0.0455. The van der Waals surface area contributed by atoms with Crippen LogP contribution in [0.2, 0.25) is 0 Å². The second-order valence-corrected chi connectivity index (χ2v) is 5.74. The Balaban J connectivity index is 2.13. The van der Waals surface area contributed by atoms with Crippen molar-refractivity contribution < 1.29 is 9.15 Å². The fourth-order valence-corrected chi connectivity index (χ4v) is 3.04. The summed E-state index contributed by atoms with van der Waals surface area (Å²) >= 11 is 0. The number of rotatable bonds is 3. The summed E-state index contributed by atoms with van der Waals surface area (Å²) in [6.07, 6.45) is 0. The minimum absolute atomic E-state index is 0.368. The lowest BCUT2D eigenvalue weighted by Gasteiger charge is -2.12. The largest absolute Gasteiger partial charge is 0.497 e. The normalized spacial score (nSPS) is 10.8. The Kier molecular flexibility index (Phi) is 3.82. The van der Waals surface area contributed by atoms with E-state index in [0.29, 0.717) is 16.9 Å². The fourth-order valence-electron chi connectivity index (χ4n) is 3.04. The summed E-state index contributed by atoms with van der Waals surface area (Å²) in [5.41, 5.74) is 2.41. The molecule has 0 amide bonds. The highest BCUT2D eigenvalue weighted by atomic mass is 16.5. The molecule has 4 rings (SSSR count). The van der Waals surface area contributed by atoms with Crippen molar-refractivity contribution in [1.82, 2.24) is 0 Å². The third kappa shape index (κ3) is 2.70. The zero-order chi connectivity index (χ0) is 17.2. The number of ether oxygens (including phenoxy) is 1. The molecule has 0 bridgehead atoms. The first-order valence-electron chi connectivity index (χ1n) is 8.03. The molecule has 0 aliphatic heterocycles. The van der Waals surface area contributed by atoms with Gasteiger partial charge in [0.05, 0.1) is 12.5 Å². The Morgan fingerprint density at radius 1 is 0.760 bits per heavy atom. The van der Waals surface area contributed by atoms with Crippen molar-refractivity contribution >= 4 is 10.8 Å².